The monoisotopic (exact) mass is 438 g/mol. The molecule has 1 aliphatic rings. The van der Waals surface area contributed by atoms with Gasteiger partial charge in [-0.05, 0) is 47.7 Å². The Morgan fingerprint density at radius 1 is 0.879 bits per heavy atom. The van der Waals surface area contributed by atoms with Crippen molar-refractivity contribution in [2.45, 2.75) is 39.8 Å². The first-order valence-corrected chi connectivity index (χ1v) is 12.1. The number of nitrogens with zero attached hydrogens (tertiary/aromatic N) is 4. The Balaban J connectivity index is 1.55. The third kappa shape index (κ3) is 4.67. The van der Waals surface area contributed by atoms with Crippen LogP contribution < -0.4 is 4.90 Å². The normalized spacial score (nSPS) is 14.2. The van der Waals surface area contributed by atoms with Crippen LogP contribution in [0.15, 0.2) is 72.8 Å². The van der Waals surface area contributed by atoms with Gasteiger partial charge in [0.25, 0.3) is 0 Å². The zero-order valence-corrected chi connectivity index (χ0v) is 20.0. The lowest BCUT2D eigenvalue weighted by atomic mass is 10.0. The Morgan fingerprint density at radius 2 is 1.64 bits per heavy atom. The molecule has 4 aromatic rings. The zero-order valence-electron chi connectivity index (χ0n) is 20.0. The summed E-state index contributed by atoms with van der Waals surface area (Å²) in [5.74, 6) is 1.78. The summed E-state index contributed by atoms with van der Waals surface area (Å²) >= 11 is 0. The Bertz CT molecular complexity index is 1220. The van der Waals surface area contributed by atoms with Gasteiger partial charge in [0.2, 0.25) is 0 Å². The van der Waals surface area contributed by atoms with Crippen LogP contribution in [0.5, 0.6) is 0 Å². The van der Waals surface area contributed by atoms with Gasteiger partial charge in [0.05, 0.1) is 13.2 Å². The van der Waals surface area contributed by atoms with E-state index in [1.165, 1.54) is 39.0 Å². The van der Waals surface area contributed by atoms with E-state index in [0.29, 0.717) is 5.92 Å². The highest BCUT2D eigenvalue weighted by Gasteiger charge is 2.28. The minimum atomic E-state index is 0.598. The van der Waals surface area contributed by atoms with E-state index in [4.69, 9.17) is 5.10 Å². The highest BCUT2D eigenvalue weighted by Crippen LogP contribution is 2.31. The van der Waals surface area contributed by atoms with E-state index in [1.807, 2.05) is 0 Å². The number of aromatic nitrogens is 2. The summed E-state index contributed by atoms with van der Waals surface area (Å²) in [5.41, 5.74) is 5.49. The van der Waals surface area contributed by atoms with E-state index in [-0.39, 0.29) is 0 Å². The van der Waals surface area contributed by atoms with Gasteiger partial charge in [-0.2, -0.15) is 5.10 Å². The third-order valence-corrected chi connectivity index (χ3v) is 6.56. The average molecular weight is 439 g/mol. The molecule has 0 N–H and O–H groups in total. The Kier molecular flexibility index (Phi) is 6.19. The minimum absolute atomic E-state index is 0.598. The molecule has 0 saturated heterocycles. The molecule has 1 aromatic heterocycles. The van der Waals surface area contributed by atoms with E-state index in [9.17, 15) is 0 Å². The summed E-state index contributed by atoms with van der Waals surface area (Å²) in [4.78, 5) is 4.88. The maximum Gasteiger partial charge on any atom is 0.156 e. The Hall–Kier alpha value is -3.11. The quantitative estimate of drug-likeness (QED) is 0.368. The number of hydrogen-bond donors (Lipinski definition) is 0. The second kappa shape index (κ2) is 9.40. The van der Waals surface area contributed by atoms with Crippen LogP contribution in [0.25, 0.3) is 10.8 Å². The fourth-order valence-electron chi connectivity index (χ4n) is 5.11. The first-order chi connectivity index (χ1) is 16.1. The number of rotatable bonds is 7. The molecule has 1 aliphatic heterocycles. The van der Waals surface area contributed by atoms with Crippen LogP contribution in [-0.2, 0) is 25.9 Å². The number of anilines is 1. The number of aryl methyl sites for hydroxylation is 1. The summed E-state index contributed by atoms with van der Waals surface area (Å²) in [7, 11) is 2.22. The molecule has 0 radical (unpaired) electrons. The van der Waals surface area contributed by atoms with Gasteiger partial charge in [-0.3, -0.25) is 9.58 Å². The van der Waals surface area contributed by atoms with Crippen molar-refractivity contribution in [3.05, 3.63) is 95.2 Å². The summed E-state index contributed by atoms with van der Waals surface area (Å²) < 4.78 is 2.29. The summed E-state index contributed by atoms with van der Waals surface area (Å²) in [6.07, 6.45) is 2.03. The van der Waals surface area contributed by atoms with Crippen molar-refractivity contribution in [1.29, 1.82) is 0 Å². The SMILES string of the molecule is CC(C)CN1CN(C)Cc2c1nn(Cc1cccc3ccccc13)c2CCc1ccccc1. The lowest BCUT2D eigenvalue weighted by Gasteiger charge is -2.34. The molecule has 0 amide bonds. The lowest BCUT2D eigenvalue weighted by molar-refractivity contribution is 0.301. The van der Waals surface area contributed by atoms with E-state index in [2.05, 4.69) is 108 Å². The average Bonchev–Trinajstić information content (AvgIpc) is 3.15. The molecular formula is C29H34N4. The fourth-order valence-corrected chi connectivity index (χ4v) is 5.11. The molecule has 5 rings (SSSR count). The first kappa shape index (κ1) is 21.7. The molecule has 4 nitrogen and oxygen atoms in total. The lowest BCUT2D eigenvalue weighted by Crippen LogP contribution is -2.42. The molecule has 3 aromatic carbocycles. The van der Waals surface area contributed by atoms with E-state index >= 15 is 0 Å². The maximum atomic E-state index is 5.25. The molecule has 4 heteroatoms. The van der Waals surface area contributed by atoms with Crippen molar-refractivity contribution in [2.75, 3.05) is 25.2 Å². The van der Waals surface area contributed by atoms with E-state index in [1.54, 1.807) is 0 Å². The zero-order chi connectivity index (χ0) is 22.8. The predicted octanol–water partition coefficient (Wildman–Crippen LogP) is 5.74. The van der Waals surface area contributed by atoms with Crippen molar-refractivity contribution >= 4 is 16.6 Å². The van der Waals surface area contributed by atoms with Crippen LogP contribution in [0.2, 0.25) is 0 Å². The fraction of sp³-hybridized carbons (Fsp3) is 0.345. The van der Waals surface area contributed by atoms with Gasteiger partial charge >= 0.3 is 0 Å². The van der Waals surface area contributed by atoms with Crippen molar-refractivity contribution in [1.82, 2.24) is 14.7 Å². The molecule has 170 valence electrons. The minimum Gasteiger partial charge on any atom is -0.342 e. The molecule has 33 heavy (non-hydrogen) atoms. The van der Waals surface area contributed by atoms with Gasteiger partial charge in [-0.25, -0.2) is 0 Å². The first-order valence-electron chi connectivity index (χ1n) is 12.1. The summed E-state index contributed by atoms with van der Waals surface area (Å²) in [6, 6.07) is 26.1. The molecule has 0 unspecified atom stereocenters. The molecule has 0 aliphatic carbocycles. The van der Waals surface area contributed by atoms with Crippen molar-refractivity contribution in [3.63, 3.8) is 0 Å². The standard InChI is InChI=1S/C29H34N4/c1-22(2)18-32-21-31(3)20-27-28(17-16-23-10-5-4-6-11-23)33(30-29(27)32)19-25-14-9-13-24-12-7-8-15-26(24)25/h4-15,22H,16-21H2,1-3H3. The molecule has 0 atom stereocenters. The molecule has 2 heterocycles. The van der Waals surface area contributed by atoms with Gasteiger partial charge in [0, 0.05) is 24.3 Å². The molecule has 0 bridgehead atoms. The van der Waals surface area contributed by atoms with Crippen LogP contribution >= 0.6 is 0 Å². The summed E-state index contributed by atoms with van der Waals surface area (Å²) in [5, 5.41) is 7.86. The van der Waals surface area contributed by atoms with Gasteiger partial charge < -0.3 is 4.90 Å². The van der Waals surface area contributed by atoms with Gasteiger partial charge in [-0.15, -0.1) is 0 Å². The highest BCUT2D eigenvalue weighted by atomic mass is 15.4. The second-order valence-corrected chi connectivity index (χ2v) is 9.80. The molecule has 0 spiro atoms. The van der Waals surface area contributed by atoms with Crippen molar-refractivity contribution < 1.29 is 0 Å². The smallest absolute Gasteiger partial charge is 0.156 e. The number of fused-ring (bicyclic) bond motifs is 2. The van der Waals surface area contributed by atoms with Crippen molar-refractivity contribution in [2.24, 2.45) is 5.92 Å². The van der Waals surface area contributed by atoms with E-state index < -0.39 is 0 Å². The Morgan fingerprint density at radius 3 is 2.45 bits per heavy atom. The van der Waals surface area contributed by atoms with E-state index in [0.717, 1.165) is 39.1 Å². The van der Waals surface area contributed by atoms with Gasteiger partial charge in [0.1, 0.15) is 0 Å². The topological polar surface area (TPSA) is 24.3 Å². The second-order valence-electron chi connectivity index (χ2n) is 9.80. The largest absolute Gasteiger partial charge is 0.342 e. The van der Waals surface area contributed by atoms with Crippen LogP contribution in [0, 0.1) is 5.92 Å². The van der Waals surface area contributed by atoms with Gasteiger partial charge in [-0.1, -0.05) is 86.6 Å². The van der Waals surface area contributed by atoms with Gasteiger partial charge in [0.15, 0.2) is 5.82 Å². The number of benzene rings is 3. The Labute approximate surface area is 197 Å². The molecular weight excluding hydrogens is 404 g/mol. The van der Waals surface area contributed by atoms with Crippen LogP contribution in [0.4, 0.5) is 5.82 Å². The van der Waals surface area contributed by atoms with Crippen LogP contribution in [-0.4, -0.2) is 34.9 Å². The highest BCUT2D eigenvalue weighted by molar-refractivity contribution is 5.85. The van der Waals surface area contributed by atoms with Crippen LogP contribution in [0.3, 0.4) is 0 Å². The van der Waals surface area contributed by atoms with Crippen molar-refractivity contribution in [3.8, 4) is 0 Å². The predicted molar refractivity (Wildman–Crippen MR) is 138 cm³/mol. The van der Waals surface area contributed by atoms with Crippen LogP contribution in [0.1, 0.15) is 36.2 Å². The number of hydrogen-bond acceptors (Lipinski definition) is 3. The molecule has 0 fully saturated rings. The third-order valence-electron chi connectivity index (χ3n) is 6.56. The summed E-state index contributed by atoms with van der Waals surface area (Å²) in [6.45, 7) is 8.31. The maximum absolute atomic E-state index is 5.25. The molecule has 0 saturated carbocycles.